The van der Waals surface area contributed by atoms with Crippen LogP contribution in [0.4, 0.5) is 5.69 Å². The third kappa shape index (κ3) is 5.23. The first-order valence-electron chi connectivity index (χ1n) is 9.52. The molecule has 0 spiro atoms. The minimum absolute atomic E-state index is 0.0266. The number of benzene rings is 2. The molecule has 1 fully saturated rings. The van der Waals surface area contributed by atoms with E-state index in [4.69, 9.17) is 4.74 Å². The van der Waals surface area contributed by atoms with Gasteiger partial charge in [0.2, 0.25) is 5.91 Å². The summed E-state index contributed by atoms with van der Waals surface area (Å²) in [5.74, 6) is 0.956. The Morgan fingerprint density at radius 2 is 1.67 bits per heavy atom. The van der Waals surface area contributed by atoms with Gasteiger partial charge in [-0.25, -0.2) is 0 Å². The maximum Gasteiger partial charge on any atom is 0.234 e. The summed E-state index contributed by atoms with van der Waals surface area (Å²) >= 11 is 0. The fourth-order valence-electron chi connectivity index (χ4n) is 3.39. The first-order chi connectivity index (χ1) is 13.0. The zero-order valence-electron chi connectivity index (χ0n) is 16.4. The lowest BCUT2D eigenvalue weighted by molar-refractivity contribution is -0.123. The molecule has 1 saturated heterocycles. The predicted octanol–water partition coefficient (Wildman–Crippen LogP) is 3.00. The highest BCUT2D eigenvalue weighted by Gasteiger charge is 2.20. The summed E-state index contributed by atoms with van der Waals surface area (Å²) < 4.78 is 5.22. The molecule has 27 heavy (non-hydrogen) atoms. The van der Waals surface area contributed by atoms with Crippen LogP contribution < -0.4 is 15.0 Å². The quantitative estimate of drug-likeness (QED) is 0.853. The van der Waals surface area contributed by atoms with Crippen molar-refractivity contribution in [2.24, 2.45) is 0 Å². The van der Waals surface area contributed by atoms with Gasteiger partial charge in [-0.05, 0) is 43.7 Å². The van der Waals surface area contributed by atoms with Gasteiger partial charge >= 0.3 is 0 Å². The van der Waals surface area contributed by atoms with Gasteiger partial charge in [0.05, 0.1) is 19.7 Å². The molecule has 1 amide bonds. The van der Waals surface area contributed by atoms with E-state index in [1.54, 1.807) is 7.11 Å². The summed E-state index contributed by atoms with van der Waals surface area (Å²) in [4.78, 5) is 17.0. The van der Waals surface area contributed by atoms with E-state index < -0.39 is 0 Å². The van der Waals surface area contributed by atoms with Crippen molar-refractivity contribution >= 4 is 11.6 Å². The molecule has 0 saturated carbocycles. The van der Waals surface area contributed by atoms with E-state index in [1.807, 2.05) is 19.1 Å². The summed E-state index contributed by atoms with van der Waals surface area (Å²) in [6.07, 6.45) is 0. The van der Waals surface area contributed by atoms with Crippen LogP contribution in [0.1, 0.15) is 24.1 Å². The van der Waals surface area contributed by atoms with Gasteiger partial charge in [-0.15, -0.1) is 0 Å². The largest absolute Gasteiger partial charge is 0.497 e. The molecular weight excluding hydrogens is 338 g/mol. The van der Waals surface area contributed by atoms with E-state index in [1.165, 1.54) is 11.3 Å². The maximum atomic E-state index is 12.4. The lowest BCUT2D eigenvalue weighted by Crippen LogP contribution is -2.49. The van der Waals surface area contributed by atoms with Crippen molar-refractivity contribution in [3.8, 4) is 5.75 Å². The molecule has 0 radical (unpaired) electrons. The number of rotatable bonds is 6. The normalized spacial score (nSPS) is 16.0. The number of hydrogen-bond acceptors (Lipinski definition) is 4. The minimum atomic E-state index is 0.0266. The van der Waals surface area contributed by atoms with Gasteiger partial charge in [0.1, 0.15) is 5.75 Å². The first-order valence-corrected chi connectivity index (χ1v) is 9.52. The number of methoxy groups -OCH3 is 1. The summed E-state index contributed by atoms with van der Waals surface area (Å²) in [6.45, 7) is 8.17. The number of amides is 1. The topological polar surface area (TPSA) is 44.8 Å². The molecule has 1 N–H and O–H groups in total. The molecular formula is C22H29N3O2. The average Bonchev–Trinajstić information content (AvgIpc) is 2.69. The van der Waals surface area contributed by atoms with E-state index in [0.717, 1.165) is 37.5 Å². The molecule has 0 aromatic heterocycles. The van der Waals surface area contributed by atoms with Crippen LogP contribution in [0, 0.1) is 6.92 Å². The lowest BCUT2D eigenvalue weighted by Gasteiger charge is -2.36. The molecule has 1 aliphatic rings. The number of piperazine rings is 1. The van der Waals surface area contributed by atoms with Crippen LogP contribution >= 0.6 is 0 Å². The number of hydrogen-bond donors (Lipinski definition) is 1. The van der Waals surface area contributed by atoms with Crippen LogP contribution in [0.15, 0.2) is 48.5 Å². The molecule has 144 valence electrons. The zero-order chi connectivity index (χ0) is 19.2. The molecule has 1 unspecified atom stereocenters. The number of anilines is 1. The van der Waals surface area contributed by atoms with Crippen molar-refractivity contribution < 1.29 is 9.53 Å². The second kappa shape index (κ2) is 8.91. The van der Waals surface area contributed by atoms with Crippen LogP contribution in [0.5, 0.6) is 5.75 Å². The Kier molecular flexibility index (Phi) is 6.35. The van der Waals surface area contributed by atoms with Crippen molar-refractivity contribution in [3.05, 3.63) is 59.7 Å². The molecule has 5 heteroatoms. The highest BCUT2D eigenvalue weighted by molar-refractivity contribution is 5.78. The van der Waals surface area contributed by atoms with E-state index in [-0.39, 0.29) is 11.9 Å². The first kappa shape index (κ1) is 19.2. The van der Waals surface area contributed by atoms with Gasteiger partial charge in [0.25, 0.3) is 0 Å². The Morgan fingerprint density at radius 1 is 1.04 bits per heavy atom. The second-order valence-corrected chi connectivity index (χ2v) is 7.16. The van der Waals surface area contributed by atoms with Crippen molar-refractivity contribution in [1.29, 1.82) is 0 Å². The Balaban J connectivity index is 1.45. The smallest absolute Gasteiger partial charge is 0.234 e. The van der Waals surface area contributed by atoms with E-state index in [2.05, 4.69) is 58.4 Å². The highest BCUT2D eigenvalue weighted by Crippen LogP contribution is 2.20. The number of nitrogens with one attached hydrogen (secondary N) is 1. The lowest BCUT2D eigenvalue weighted by atomic mass is 10.1. The zero-order valence-corrected chi connectivity index (χ0v) is 16.4. The van der Waals surface area contributed by atoms with Crippen LogP contribution in [0.3, 0.4) is 0 Å². The summed E-state index contributed by atoms with van der Waals surface area (Å²) in [7, 11) is 1.68. The van der Waals surface area contributed by atoms with E-state index in [9.17, 15) is 4.79 Å². The number of carbonyl (C=O) groups is 1. The third-order valence-corrected chi connectivity index (χ3v) is 5.13. The molecule has 5 nitrogen and oxygen atoms in total. The molecule has 1 aliphatic heterocycles. The Hall–Kier alpha value is -2.53. The van der Waals surface area contributed by atoms with Crippen molar-refractivity contribution in [1.82, 2.24) is 10.2 Å². The average molecular weight is 367 g/mol. The molecule has 1 heterocycles. The van der Waals surface area contributed by atoms with Gasteiger partial charge in [-0.1, -0.05) is 29.8 Å². The van der Waals surface area contributed by atoms with Gasteiger partial charge in [0, 0.05) is 31.9 Å². The van der Waals surface area contributed by atoms with Gasteiger partial charge < -0.3 is 15.0 Å². The molecule has 1 atom stereocenters. The van der Waals surface area contributed by atoms with Crippen LogP contribution in [0.25, 0.3) is 0 Å². The SMILES string of the molecule is COc1ccc(N2CCN(CC(=O)NC(C)c3ccc(C)cc3)CC2)cc1. The highest BCUT2D eigenvalue weighted by atomic mass is 16.5. The van der Waals surface area contributed by atoms with E-state index >= 15 is 0 Å². The van der Waals surface area contributed by atoms with Crippen molar-refractivity contribution in [3.63, 3.8) is 0 Å². The fourth-order valence-corrected chi connectivity index (χ4v) is 3.39. The number of nitrogens with zero attached hydrogens (tertiary/aromatic N) is 2. The minimum Gasteiger partial charge on any atom is -0.497 e. The molecule has 2 aromatic carbocycles. The predicted molar refractivity (Wildman–Crippen MR) is 109 cm³/mol. The molecule has 0 aliphatic carbocycles. The monoisotopic (exact) mass is 367 g/mol. The maximum absolute atomic E-state index is 12.4. The summed E-state index contributed by atoms with van der Waals surface area (Å²) in [5, 5.41) is 3.11. The van der Waals surface area contributed by atoms with Gasteiger partial charge in [-0.2, -0.15) is 0 Å². The Labute approximate surface area is 161 Å². The standard InChI is InChI=1S/C22H29N3O2/c1-17-4-6-19(7-5-17)18(2)23-22(26)16-24-12-14-25(15-13-24)20-8-10-21(27-3)11-9-20/h4-11,18H,12-16H2,1-3H3,(H,23,26). The molecule has 0 bridgehead atoms. The molecule has 3 rings (SSSR count). The molecule has 2 aromatic rings. The third-order valence-electron chi connectivity index (χ3n) is 5.13. The van der Waals surface area contributed by atoms with Gasteiger partial charge in [-0.3, -0.25) is 9.69 Å². The summed E-state index contributed by atoms with van der Waals surface area (Å²) in [5.41, 5.74) is 3.57. The Morgan fingerprint density at radius 3 is 2.26 bits per heavy atom. The van der Waals surface area contributed by atoms with Crippen LogP contribution in [-0.4, -0.2) is 50.6 Å². The Bertz CT molecular complexity index is 735. The van der Waals surface area contributed by atoms with Crippen LogP contribution in [0.2, 0.25) is 0 Å². The summed E-state index contributed by atoms with van der Waals surface area (Å²) in [6, 6.07) is 16.5. The van der Waals surface area contributed by atoms with E-state index in [0.29, 0.717) is 6.54 Å². The fraction of sp³-hybridized carbons (Fsp3) is 0.409. The number of aryl methyl sites for hydroxylation is 1. The number of ether oxygens (including phenoxy) is 1. The van der Waals surface area contributed by atoms with Crippen LogP contribution in [-0.2, 0) is 4.79 Å². The van der Waals surface area contributed by atoms with Crippen molar-refractivity contribution in [2.75, 3.05) is 44.7 Å². The number of carbonyl (C=O) groups excluding carboxylic acids is 1. The van der Waals surface area contributed by atoms with Crippen molar-refractivity contribution in [2.45, 2.75) is 19.9 Å². The second-order valence-electron chi connectivity index (χ2n) is 7.16. The van der Waals surface area contributed by atoms with Gasteiger partial charge in [0.15, 0.2) is 0 Å².